The molecule has 0 atom stereocenters. The van der Waals surface area contributed by atoms with Gasteiger partial charge >= 0.3 is 0 Å². The maximum absolute atomic E-state index is 6.03. The van der Waals surface area contributed by atoms with Gasteiger partial charge in [0.05, 0.1) is 17.4 Å². The minimum Gasteiger partial charge on any atom is -0.246 e. The van der Waals surface area contributed by atoms with Gasteiger partial charge in [0.15, 0.2) is 0 Å². The summed E-state index contributed by atoms with van der Waals surface area (Å²) in [5.74, 6) is 0. The number of hydrogen-bond acceptors (Lipinski definition) is 2. The zero-order valence-corrected chi connectivity index (χ0v) is 13.0. The lowest BCUT2D eigenvalue weighted by Gasteiger charge is -2.11. The maximum Gasteiger partial charge on any atom is 0.129 e. The molecule has 0 aliphatic carbocycles. The number of hydrogen-bond donors (Lipinski definition) is 0. The number of benzene rings is 2. The van der Waals surface area contributed by atoms with Gasteiger partial charge in [-0.25, -0.2) is 9.97 Å². The number of aromatic nitrogens is 2. The van der Waals surface area contributed by atoms with Crippen LogP contribution in [-0.2, 0) is 0 Å². The van der Waals surface area contributed by atoms with E-state index in [1.165, 1.54) is 0 Å². The molecule has 23 heavy (non-hydrogen) atoms. The molecular formula is C20H13ClN2. The van der Waals surface area contributed by atoms with E-state index in [4.69, 9.17) is 16.6 Å². The van der Waals surface area contributed by atoms with E-state index in [9.17, 15) is 0 Å². The Balaban J connectivity index is 2.04. The van der Waals surface area contributed by atoms with Gasteiger partial charge < -0.3 is 0 Å². The van der Waals surface area contributed by atoms with E-state index in [1.807, 2.05) is 42.5 Å². The molecule has 3 heteroatoms. The predicted molar refractivity (Wildman–Crippen MR) is 95.4 cm³/mol. The van der Waals surface area contributed by atoms with Crippen molar-refractivity contribution in [3.63, 3.8) is 0 Å². The van der Waals surface area contributed by atoms with Crippen LogP contribution >= 0.6 is 11.6 Å². The van der Waals surface area contributed by atoms with Crippen LogP contribution in [-0.4, -0.2) is 9.97 Å². The van der Waals surface area contributed by atoms with Crippen molar-refractivity contribution in [3.05, 3.63) is 84.1 Å². The Morgan fingerprint density at radius 1 is 0.739 bits per heavy atom. The van der Waals surface area contributed by atoms with Gasteiger partial charge in [-0.3, -0.25) is 0 Å². The molecule has 110 valence electrons. The Morgan fingerprint density at radius 3 is 2.09 bits per heavy atom. The van der Waals surface area contributed by atoms with Gasteiger partial charge in [0.2, 0.25) is 0 Å². The molecule has 0 unspecified atom stereocenters. The molecule has 0 spiro atoms. The van der Waals surface area contributed by atoms with Crippen molar-refractivity contribution in [2.45, 2.75) is 0 Å². The van der Waals surface area contributed by atoms with E-state index >= 15 is 0 Å². The molecule has 4 rings (SSSR count). The van der Waals surface area contributed by atoms with Crippen LogP contribution in [0.25, 0.3) is 33.3 Å². The normalized spacial score (nSPS) is 10.8. The Bertz CT molecular complexity index is 967. The summed E-state index contributed by atoms with van der Waals surface area (Å²) in [6.45, 7) is 0. The van der Waals surface area contributed by atoms with Gasteiger partial charge in [-0.1, -0.05) is 72.3 Å². The summed E-state index contributed by atoms with van der Waals surface area (Å²) >= 11 is 6.03. The molecule has 0 amide bonds. The molecule has 0 N–H and O–H groups in total. The van der Waals surface area contributed by atoms with Crippen molar-refractivity contribution in [1.82, 2.24) is 9.97 Å². The molecule has 0 saturated heterocycles. The third-order valence-electron chi connectivity index (χ3n) is 3.80. The first kappa shape index (κ1) is 13.9. The van der Waals surface area contributed by atoms with E-state index in [0.29, 0.717) is 5.15 Å². The van der Waals surface area contributed by atoms with E-state index < -0.39 is 0 Å². The molecule has 2 aromatic carbocycles. The lowest BCUT2D eigenvalue weighted by atomic mass is 9.98. The van der Waals surface area contributed by atoms with E-state index in [-0.39, 0.29) is 0 Å². The van der Waals surface area contributed by atoms with Crippen molar-refractivity contribution in [2.24, 2.45) is 0 Å². The number of pyridine rings is 2. The number of rotatable bonds is 2. The molecule has 2 heterocycles. The van der Waals surface area contributed by atoms with E-state index in [0.717, 1.165) is 33.3 Å². The van der Waals surface area contributed by atoms with Crippen molar-refractivity contribution >= 4 is 22.5 Å². The highest BCUT2D eigenvalue weighted by Crippen LogP contribution is 2.33. The zero-order chi connectivity index (χ0) is 15.6. The Hall–Kier alpha value is -2.71. The molecule has 0 aliphatic heterocycles. The highest BCUT2D eigenvalue weighted by molar-refractivity contribution is 6.30. The second-order valence-electron chi connectivity index (χ2n) is 5.32. The van der Waals surface area contributed by atoms with Gasteiger partial charge in [0.1, 0.15) is 5.15 Å². The highest BCUT2D eigenvalue weighted by atomic mass is 35.5. The summed E-state index contributed by atoms with van der Waals surface area (Å²) in [6.07, 6.45) is 1.72. The number of nitrogens with zero attached hydrogens (tertiary/aromatic N) is 2. The molecule has 0 fully saturated rings. The summed E-state index contributed by atoms with van der Waals surface area (Å²) in [5.41, 5.74) is 5.10. The van der Waals surface area contributed by atoms with Crippen molar-refractivity contribution < 1.29 is 0 Å². The van der Waals surface area contributed by atoms with Gasteiger partial charge in [-0.05, 0) is 17.7 Å². The first-order valence-corrected chi connectivity index (χ1v) is 7.76. The predicted octanol–water partition coefficient (Wildman–Crippen LogP) is 5.62. The number of halogens is 1. The van der Waals surface area contributed by atoms with Crippen LogP contribution in [0.4, 0.5) is 0 Å². The smallest absolute Gasteiger partial charge is 0.129 e. The molecule has 0 aliphatic rings. The van der Waals surface area contributed by atoms with Gasteiger partial charge in [-0.2, -0.15) is 0 Å². The average molecular weight is 317 g/mol. The summed E-state index contributed by atoms with van der Waals surface area (Å²) in [7, 11) is 0. The first-order chi connectivity index (χ1) is 11.3. The quantitative estimate of drug-likeness (QED) is 0.449. The Kier molecular flexibility index (Phi) is 3.52. The van der Waals surface area contributed by atoms with Crippen LogP contribution in [0.3, 0.4) is 0 Å². The fourth-order valence-corrected chi connectivity index (χ4v) is 2.87. The third-order valence-corrected chi connectivity index (χ3v) is 4.01. The molecular weight excluding hydrogens is 304 g/mol. The van der Waals surface area contributed by atoms with Crippen LogP contribution in [0.2, 0.25) is 5.15 Å². The van der Waals surface area contributed by atoms with Crippen LogP contribution in [0.5, 0.6) is 0 Å². The fraction of sp³-hybridized carbons (Fsp3) is 0. The second kappa shape index (κ2) is 5.82. The minimum absolute atomic E-state index is 0.478. The van der Waals surface area contributed by atoms with E-state index in [1.54, 1.807) is 6.20 Å². The molecule has 0 radical (unpaired) electrons. The fourth-order valence-electron chi connectivity index (χ4n) is 2.70. The monoisotopic (exact) mass is 316 g/mol. The summed E-state index contributed by atoms with van der Waals surface area (Å²) in [4.78, 5) is 8.99. The SMILES string of the molecule is Clc1cc2cc(-c3ccccc3)c(-c3ccccc3)nc2cn1. The Labute approximate surface area is 139 Å². The molecule has 4 aromatic rings. The van der Waals surface area contributed by atoms with Crippen molar-refractivity contribution in [3.8, 4) is 22.4 Å². The van der Waals surface area contributed by atoms with Gasteiger partial charge in [0, 0.05) is 16.5 Å². The van der Waals surface area contributed by atoms with Gasteiger partial charge in [-0.15, -0.1) is 0 Å². The number of fused-ring (bicyclic) bond motifs is 1. The lowest BCUT2D eigenvalue weighted by molar-refractivity contribution is 1.31. The Morgan fingerprint density at radius 2 is 1.39 bits per heavy atom. The highest BCUT2D eigenvalue weighted by Gasteiger charge is 2.11. The van der Waals surface area contributed by atoms with Crippen LogP contribution in [0.1, 0.15) is 0 Å². The second-order valence-corrected chi connectivity index (χ2v) is 5.70. The molecule has 2 nitrogen and oxygen atoms in total. The largest absolute Gasteiger partial charge is 0.246 e. The van der Waals surface area contributed by atoms with Crippen LogP contribution in [0.15, 0.2) is 79.0 Å². The van der Waals surface area contributed by atoms with Crippen molar-refractivity contribution in [2.75, 3.05) is 0 Å². The van der Waals surface area contributed by atoms with E-state index in [2.05, 4.69) is 35.3 Å². The van der Waals surface area contributed by atoms with Crippen LogP contribution < -0.4 is 0 Å². The zero-order valence-electron chi connectivity index (χ0n) is 12.3. The topological polar surface area (TPSA) is 25.8 Å². The minimum atomic E-state index is 0.478. The van der Waals surface area contributed by atoms with Gasteiger partial charge in [0.25, 0.3) is 0 Å². The summed E-state index contributed by atoms with van der Waals surface area (Å²) < 4.78 is 0. The summed E-state index contributed by atoms with van der Waals surface area (Å²) in [6, 6.07) is 24.5. The standard InChI is InChI=1S/C20H13ClN2/c21-19-12-16-11-17(14-7-3-1-4-8-14)20(23-18(16)13-22-19)15-9-5-2-6-10-15/h1-13H. The molecule has 0 saturated carbocycles. The maximum atomic E-state index is 6.03. The summed E-state index contributed by atoms with van der Waals surface area (Å²) in [5, 5.41) is 1.47. The molecule has 2 aromatic heterocycles. The van der Waals surface area contributed by atoms with Crippen LogP contribution in [0, 0.1) is 0 Å². The molecule has 0 bridgehead atoms. The first-order valence-electron chi connectivity index (χ1n) is 7.38. The third kappa shape index (κ3) is 2.69. The lowest BCUT2D eigenvalue weighted by Crippen LogP contribution is -1.92. The average Bonchev–Trinajstić information content (AvgIpc) is 2.62. The van der Waals surface area contributed by atoms with Crippen molar-refractivity contribution in [1.29, 1.82) is 0 Å².